The third kappa shape index (κ3) is 4.19. The zero-order valence-corrected chi connectivity index (χ0v) is 11.9. The molecule has 0 radical (unpaired) electrons. The van der Waals surface area contributed by atoms with Gasteiger partial charge in [-0.25, -0.2) is 4.39 Å². The second-order valence-corrected chi connectivity index (χ2v) is 5.66. The van der Waals surface area contributed by atoms with Crippen molar-refractivity contribution in [3.63, 3.8) is 0 Å². The second kappa shape index (κ2) is 6.64. The van der Waals surface area contributed by atoms with Crippen molar-refractivity contribution in [2.75, 3.05) is 0 Å². The maximum atomic E-state index is 13.2. The largest absolute Gasteiger partial charge is 0.419 e. The predicted octanol–water partition coefficient (Wildman–Crippen LogP) is 2.98. The monoisotopic (exact) mass is 318 g/mol. The van der Waals surface area contributed by atoms with Crippen LogP contribution in [0.1, 0.15) is 36.8 Å². The van der Waals surface area contributed by atoms with E-state index in [4.69, 9.17) is 5.73 Å². The molecule has 2 rings (SSSR count). The first-order valence-corrected chi connectivity index (χ1v) is 7.15. The molecule has 1 aromatic rings. The molecule has 0 saturated heterocycles. The lowest BCUT2D eigenvalue weighted by Crippen LogP contribution is -2.38. The summed E-state index contributed by atoms with van der Waals surface area (Å²) in [5.41, 5.74) is 4.39. The molecule has 7 heteroatoms. The minimum Gasteiger partial charge on any atom is -0.369 e. The van der Waals surface area contributed by atoms with E-state index in [-0.39, 0.29) is 24.4 Å². The van der Waals surface area contributed by atoms with Gasteiger partial charge in [0.1, 0.15) is 5.82 Å². The van der Waals surface area contributed by atoms with E-state index in [1.165, 1.54) is 6.07 Å². The Morgan fingerprint density at radius 1 is 1.32 bits per heavy atom. The van der Waals surface area contributed by atoms with Crippen molar-refractivity contribution in [3.8, 4) is 0 Å². The fourth-order valence-corrected chi connectivity index (χ4v) is 2.80. The van der Waals surface area contributed by atoms with E-state index in [0.29, 0.717) is 12.0 Å². The number of amides is 1. The van der Waals surface area contributed by atoms with Gasteiger partial charge in [-0.3, -0.25) is 4.79 Å². The van der Waals surface area contributed by atoms with Crippen molar-refractivity contribution in [3.05, 3.63) is 35.1 Å². The van der Waals surface area contributed by atoms with Crippen LogP contribution in [0.2, 0.25) is 0 Å². The lowest BCUT2D eigenvalue weighted by molar-refractivity contribution is -0.140. The highest BCUT2D eigenvalue weighted by molar-refractivity contribution is 5.76. The van der Waals surface area contributed by atoms with Crippen LogP contribution in [0.4, 0.5) is 17.6 Å². The SMILES string of the molecule is NC(=O)[C@@H]1CCC[C@H](NCc2ccc(F)c(C(F)(F)F)c2)C1. The summed E-state index contributed by atoms with van der Waals surface area (Å²) >= 11 is 0. The van der Waals surface area contributed by atoms with E-state index in [2.05, 4.69) is 5.32 Å². The third-order valence-electron chi connectivity index (χ3n) is 4.01. The lowest BCUT2D eigenvalue weighted by atomic mass is 9.85. The van der Waals surface area contributed by atoms with Crippen LogP contribution >= 0.6 is 0 Å². The molecule has 122 valence electrons. The van der Waals surface area contributed by atoms with Gasteiger partial charge < -0.3 is 11.1 Å². The Labute approximate surface area is 125 Å². The minimum absolute atomic E-state index is 0.0330. The van der Waals surface area contributed by atoms with Crippen LogP contribution in [0.15, 0.2) is 18.2 Å². The van der Waals surface area contributed by atoms with Gasteiger partial charge in [0.15, 0.2) is 0 Å². The van der Waals surface area contributed by atoms with Crippen LogP contribution in [-0.2, 0) is 17.5 Å². The number of primary amides is 1. The number of carbonyl (C=O) groups excluding carboxylic acids is 1. The number of nitrogens with two attached hydrogens (primary N) is 1. The topological polar surface area (TPSA) is 55.1 Å². The number of hydrogen-bond acceptors (Lipinski definition) is 2. The van der Waals surface area contributed by atoms with Gasteiger partial charge in [0.05, 0.1) is 5.56 Å². The first-order chi connectivity index (χ1) is 10.3. The fourth-order valence-electron chi connectivity index (χ4n) is 2.80. The molecule has 0 aliphatic heterocycles. The number of halogens is 4. The van der Waals surface area contributed by atoms with E-state index in [9.17, 15) is 22.4 Å². The molecule has 1 aliphatic rings. The average Bonchev–Trinajstić information content (AvgIpc) is 2.45. The van der Waals surface area contributed by atoms with E-state index < -0.39 is 17.6 Å². The maximum absolute atomic E-state index is 13.2. The zero-order valence-electron chi connectivity index (χ0n) is 11.9. The lowest BCUT2D eigenvalue weighted by Gasteiger charge is -2.28. The molecule has 0 unspecified atom stereocenters. The summed E-state index contributed by atoms with van der Waals surface area (Å²) in [6, 6.07) is 3.00. The summed E-state index contributed by atoms with van der Waals surface area (Å²) in [4.78, 5) is 11.2. The minimum atomic E-state index is -4.71. The molecule has 0 heterocycles. The second-order valence-electron chi connectivity index (χ2n) is 5.66. The zero-order chi connectivity index (χ0) is 16.3. The summed E-state index contributed by atoms with van der Waals surface area (Å²) in [6.45, 7) is 0.194. The highest BCUT2D eigenvalue weighted by atomic mass is 19.4. The van der Waals surface area contributed by atoms with Gasteiger partial charge >= 0.3 is 6.18 Å². The van der Waals surface area contributed by atoms with E-state index >= 15 is 0 Å². The summed E-state index contributed by atoms with van der Waals surface area (Å²) in [7, 11) is 0. The van der Waals surface area contributed by atoms with Crippen molar-refractivity contribution in [2.45, 2.75) is 44.4 Å². The van der Waals surface area contributed by atoms with Crippen LogP contribution < -0.4 is 11.1 Å². The first kappa shape index (κ1) is 16.7. The molecule has 2 atom stereocenters. The predicted molar refractivity (Wildman–Crippen MR) is 73.2 cm³/mol. The van der Waals surface area contributed by atoms with Crippen LogP contribution in [-0.4, -0.2) is 11.9 Å². The van der Waals surface area contributed by atoms with Crippen molar-refractivity contribution >= 4 is 5.91 Å². The van der Waals surface area contributed by atoms with Crippen LogP contribution in [0.25, 0.3) is 0 Å². The molecule has 22 heavy (non-hydrogen) atoms. The molecule has 0 aromatic heterocycles. The van der Waals surface area contributed by atoms with Gasteiger partial charge in [-0.2, -0.15) is 13.2 Å². The molecule has 1 aromatic carbocycles. The molecule has 1 saturated carbocycles. The highest BCUT2D eigenvalue weighted by Crippen LogP contribution is 2.32. The van der Waals surface area contributed by atoms with Crippen LogP contribution in [0.5, 0.6) is 0 Å². The molecule has 1 fully saturated rings. The molecular formula is C15H18F4N2O. The van der Waals surface area contributed by atoms with Crippen molar-refractivity contribution in [1.82, 2.24) is 5.32 Å². The highest BCUT2D eigenvalue weighted by Gasteiger charge is 2.34. The number of nitrogens with one attached hydrogen (secondary N) is 1. The number of benzene rings is 1. The number of carbonyl (C=O) groups is 1. The van der Waals surface area contributed by atoms with E-state index in [1.807, 2.05) is 0 Å². The normalized spacial score (nSPS) is 22.5. The average molecular weight is 318 g/mol. The Bertz CT molecular complexity index is 545. The summed E-state index contributed by atoms with van der Waals surface area (Å²) in [6.07, 6.45) is -1.67. The van der Waals surface area contributed by atoms with Crippen molar-refractivity contribution < 1.29 is 22.4 Å². The van der Waals surface area contributed by atoms with E-state index in [1.54, 1.807) is 0 Å². The molecule has 3 nitrogen and oxygen atoms in total. The molecule has 0 spiro atoms. The molecule has 0 bridgehead atoms. The van der Waals surface area contributed by atoms with Crippen LogP contribution in [0.3, 0.4) is 0 Å². The van der Waals surface area contributed by atoms with Gasteiger partial charge in [0, 0.05) is 18.5 Å². The Morgan fingerprint density at radius 3 is 2.68 bits per heavy atom. The Morgan fingerprint density at radius 2 is 2.05 bits per heavy atom. The Balaban J connectivity index is 1.98. The standard InChI is InChI=1S/C15H18F4N2O/c16-13-5-4-9(6-12(13)15(17,18)19)8-21-11-3-1-2-10(7-11)14(20)22/h4-6,10-11,21H,1-3,7-8H2,(H2,20,22)/t10-,11+/m1/s1. The quantitative estimate of drug-likeness (QED) is 0.839. The third-order valence-corrected chi connectivity index (χ3v) is 4.01. The molecule has 3 N–H and O–H groups in total. The van der Waals surface area contributed by atoms with Gasteiger partial charge in [-0.05, 0) is 37.0 Å². The Hall–Kier alpha value is -1.63. The number of hydrogen-bond donors (Lipinski definition) is 2. The first-order valence-electron chi connectivity index (χ1n) is 7.15. The van der Waals surface area contributed by atoms with Gasteiger partial charge in [-0.15, -0.1) is 0 Å². The van der Waals surface area contributed by atoms with Gasteiger partial charge in [0.2, 0.25) is 5.91 Å². The molecule has 1 amide bonds. The van der Waals surface area contributed by atoms with Gasteiger partial charge in [0.25, 0.3) is 0 Å². The number of rotatable bonds is 4. The van der Waals surface area contributed by atoms with Crippen molar-refractivity contribution in [2.24, 2.45) is 11.7 Å². The fraction of sp³-hybridized carbons (Fsp3) is 0.533. The summed E-state index contributed by atoms with van der Waals surface area (Å²) in [5.74, 6) is -1.81. The smallest absolute Gasteiger partial charge is 0.369 e. The number of alkyl halides is 3. The summed E-state index contributed by atoms with van der Waals surface area (Å²) in [5, 5.41) is 3.12. The maximum Gasteiger partial charge on any atom is 0.419 e. The molecular weight excluding hydrogens is 300 g/mol. The van der Waals surface area contributed by atoms with Crippen molar-refractivity contribution in [1.29, 1.82) is 0 Å². The van der Waals surface area contributed by atoms with Gasteiger partial charge in [-0.1, -0.05) is 12.5 Å². The summed E-state index contributed by atoms with van der Waals surface area (Å²) < 4.78 is 51.2. The molecule has 1 aliphatic carbocycles. The van der Waals surface area contributed by atoms with Crippen LogP contribution in [0, 0.1) is 11.7 Å². The van der Waals surface area contributed by atoms with E-state index in [0.717, 1.165) is 31.4 Å². The Kier molecular flexibility index (Phi) is 5.05.